The number of hydrogen-bond donors (Lipinski definition) is 0. The topological polar surface area (TPSA) is 89.6 Å². The largest absolute Gasteiger partial charge is 0.422 e. The number of rotatable bonds is 16. The van der Waals surface area contributed by atoms with Gasteiger partial charge in [-0.25, -0.2) is 0 Å². The minimum absolute atomic E-state index is 0.0356. The highest BCUT2D eigenvalue weighted by atomic mass is 28.2. The van der Waals surface area contributed by atoms with E-state index in [1.807, 2.05) is 13.0 Å². The van der Waals surface area contributed by atoms with Crippen molar-refractivity contribution < 1.29 is 13.8 Å². The molecule has 0 aliphatic rings. The molecule has 216 valence electrons. The summed E-state index contributed by atoms with van der Waals surface area (Å²) in [5, 5.41) is 20.1. The molecule has 10 heteroatoms. The standard InChI is InChI=1S/C29H48N4O4Si2/c1-21(2)28(6,7)38-36-18-16-32(17-19-37-39-29(8,9)22(3)4)26-14-15-27(23(5)20-26)31-30-24-10-12-25(13-11-24)33(34)35/h10-15,20-22H,16-19,38-39H2,1-9H3/b31-30+. The van der Waals surface area contributed by atoms with Crippen molar-refractivity contribution in [2.24, 2.45) is 22.1 Å². The first-order valence-electron chi connectivity index (χ1n) is 13.9. The molecule has 2 aromatic rings. The Hall–Kier alpha value is -2.41. The van der Waals surface area contributed by atoms with Crippen molar-refractivity contribution in [3.05, 3.63) is 58.1 Å². The van der Waals surface area contributed by atoms with Gasteiger partial charge in [-0.05, 0) is 64.7 Å². The SMILES string of the molecule is Cc1cc(N(CCO[SiH2]C(C)(C)C(C)C)CCO[SiH2]C(C)(C)C(C)C)ccc1/N=N/c1ccc([N+](=O)[O-])cc1. The van der Waals surface area contributed by atoms with Crippen LogP contribution in [0.5, 0.6) is 0 Å². The second-order valence-corrected chi connectivity index (χ2v) is 17.4. The summed E-state index contributed by atoms with van der Waals surface area (Å²) in [6.45, 7) is 23.4. The zero-order chi connectivity index (χ0) is 29.2. The van der Waals surface area contributed by atoms with Crippen molar-refractivity contribution in [3.8, 4) is 0 Å². The number of hydrogen-bond acceptors (Lipinski definition) is 7. The second-order valence-electron chi connectivity index (χ2n) is 12.3. The van der Waals surface area contributed by atoms with Crippen LogP contribution in [0.2, 0.25) is 10.1 Å². The average Bonchev–Trinajstić information content (AvgIpc) is 2.87. The highest BCUT2D eigenvalue weighted by Crippen LogP contribution is 2.34. The van der Waals surface area contributed by atoms with Crippen LogP contribution in [0.25, 0.3) is 0 Å². The van der Waals surface area contributed by atoms with Gasteiger partial charge in [0, 0.05) is 30.9 Å². The summed E-state index contributed by atoms with van der Waals surface area (Å²) >= 11 is 0. The summed E-state index contributed by atoms with van der Waals surface area (Å²) in [4.78, 5) is 12.8. The van der Waals surface area contributed by atoms with Crippen LogP contribution in [0, 0.1) is 28.9 Å². The Morgan fingerprint density at radius 1 is 0.872 bits per heavy atom. The highest BCUT2D eigenvalue weighted by Gasteiger charge is 2.24. The predicted molar refractivity (Wildman–Crippen MR) is 167 cm³/mol. The molecule has 0 aliphatic heterocycles. The van der Waals surface area contributed by atoms with Crippen LogP contribution < -0.4 is 4.90 Å². The van der Waals surface area contributed by atoms with Gasteiger partial charge in [0.1, 0.15) is 0 Å². The number of anilines is 1. The Morgan fingerprint density at radius 2 is 1.38 bits per heavy atom. The molecule has 2 rings (SSSR count). The van der Waals surface area contributed by atoms with Crippen molar-refractivity contribution >= 4 is 42.3 Å². The van der Waals surface area contributed by atoms with E-state index in [-0.39, 0.29) is 15.8 Å². The van der Waals surface area contributed by atoms with E-state index < -0.39 is 24.4 Å². The zero-order valence-corrected chi connectivity index (χ0v) is 28.2. The summed E-state index contributed by atoms with van der Waals surface area (Å²) in [7, 11) is -1.30. The lowest BCUT2D eigenvalue weighted by Gasteiger charge is -2.31. The maximum atomic E-state index is 10.9. The molecule has 0 spiro atoms. The molecule has 0 N–H and O–H groups in total. The van der Waals surface area contributed by atoms with Gasteiger partial charge in [-0.2, -0.15) is 10.2 Å². The monoisotopic (exact) mass is 572 g/mol. The van der Waals surface area contributed by atoms with Crippen molar-refractivity contribution in [2.75, 3.05) is 31.2 Å². The molecule has 0 fully saturated rings. The Kier molecular flexibility index (Phi) is 12.5. The third-order valence-corrected chi connectivity index (χ3v) is 12.1. The molecular weight excluding hydrogens is 525 g/mol. The lowest BCUT2D eigenvalue weighted by molar-refractivity contribution is -0.384. The van der Waals surface area contributed by atoms with Crippen LogP contribution in [0.15, 0.2) is 52.7 Å². The maximum absolute atomic E-state index is 10.9. The molecule has 0 aliphatic carbocycles. The molecule has 39 heavy (non-hydrogen) atoms. The molecule has 8 nitrogen and oxygen atoms in total. The quantitative estimate of drug-likeness (QED) is 0.0708. The molecule has 0 unspecified atom stereocenters. The normalized spacial score (nSPS) is 13.2. The number of nitro groups is 1. The van der Waals surface area contributed by atoms with Crippen molar-refractivity contribution in [1.82, 2.24) is 0 Å². The molecule has 0 heterocycles. The molecule has 0 saturated carbocycles. The van der Waals surface area contributed by atoms with Crippen LogP contribution in [0.3, 0.4) is 0 Å². The van der Waals surface area contributed by atoms with Crippen LogP contribution in [-0.2, 0) is 8.85 Å². The number of nitro benzene ring substituents is 1. The molecule has 0 atom stereocenters. The summed E-state index contributed by atoms with van der Waals surface area (Å²) in [5.41, 5.74) is 3.50. The highest BCUT2D eigenvalue weighted by molar-refractivity contribution is 6.32. The van der Waals surface area contributed by atoms with Crippen molar-refractivity contribution in [2.45, 2.75) is 72.4 Å². The Balaban J connectivity index is 2.10. The molecular formula is C29H48N4O4Si2. The molecule has 0 saturated heterocycles. The first-order valence-corrected chi connectivity index (χ1v) is 16.5. The Bertz CT molecular complexity index is 1060. The van der Waals surface area contributed by atoms with Crippen LogP contribution in [0.4, 0.5) is 22.7 Å². The van der Waals surface area contributed by atoms with Gasteiger partial charge < -0.3 is 13.8 Å². The number of non-ortho nitro benzene ring substituents is 1. The van der Waals surface area contributed by atoms with E-state index in [1.54, 1.807) is 12.1 Å². The van der Waals surface area contributed by atoms with E-state index in [4.69, 9.17) is 8.85 Å². The molecule has 0 aromatic heterocycles. The number of benzene rings is 2. The predicted octanol–water partition coefficient (Wildman–Crippen LogP) is 7.03. The lowest BCUT2D eigenvalue weighted by Crippen LogP contribution is -2.33. The average molecular weight is 573 g/mol. The van der Waals surface area contributed by atoms with Crippen molar-refractivity contribution in [3.63, 3.8) is 0 Å². The molecule has 2 aromatic carbocycles. The van der Waals surface area contributed by atoms with E-state index in [1.165, 1.54) is 12.1 Å². The van der Waals surface area contributed by atoms with E-state index in [9.17, 15) is 10.1 Å². The van der Waals surface area contributed by atoms with E-state index in [0.717, 1.165) is 30.0 Å². The first-order chi connectivity index (χ1) is 18.2. The number of aryl methyl sites for hydroxylation is 1. The molecule has 0 amide bonds. The minimum atomic E-state index is -0.652. The summed E-state index contributed by atoms with van der Waals surface area (Å²) in [6.07, 6.45) is 0. The lowest BCUT2D eigenvalue weighted by atomic mass is 9.99. The summed E-state index contributed by atoms with van der Waals surface area (Å²) in [6, 6.07) is 12.2. The fraction of sp³-hybridized carbons (Fsp3) is 0.586. The van der Waals surface area contributed by atoms with Gasteiger partial charge in [-0.15, -0.1) is 0 Å². The van der Waals surface area contributed by atoms with Gasteiger partial charge in [0.15, 0.2) is 19.5 Å². The van der Waals surface area contributed by atoms with Gasteiger partial charge in [0.25, 0.3) is 5.69 Å². The minimum Gasteiger partial charge on any atom is -0.422 e. The van der Waals surface area contributed by atoms with Crippen LogP contribution >= 0.6 is 0 Å². The molecule has 0 radical (unpaired) electrons. The van der Waals surface area contributed by atoms with Gasteiger partial charge in [-0.1, -0.05) is 55.4 Å². The third kappa shape index (κ3) is 10.6. The zero-order valence-electron chi connectivity index (χ0n) is 25.4. The summed E-state index contributed by atoms with van der Waals surface area (Å²) in [5.74, 6) is 1.22. The van der Waals surface area contributed by atoms with E-state index >= 15 is 0 Å². The number of azo groups is 1. The maximum Gasteiger partial charge on any atom is 0.269 e. The van der Waals surface area contributed by atoms with Crippen molar-refractivity contribution in [1.29, 1.82) is 0 Å². The Labute approximate surface area is 239 Å². The smallest absolute Gasteiger partial charge is 0.269 e. The van der Waals surface area contributed by atoms with Gasteiger partial charge in [-0.3, -0.25) is 10.1 Å². The summed E-state index contributed by atoms with van der Waals surface area (Å²) < 4.78 is 12.5. The first kappa shape index (κ1) is 32.8. The van der Waals surface area contributed by atoms with E-state index in [2.05, 4.69) is 82.7 Å². The van der Waals surface area contributed by atoms with Crippen LogP contribution in [-0.4, -0.2) is 50.8 Å². The Morgan fingerprint density at radius 3 is 1.82 bits per heavy atom. The van der Waals surface area contributed by atoms with Crippen LogP contribution in [0.1, 0.15) is 61.0 Å². The van der Waals surface area contributed by atoms with E-state index in [0.29, 0.717) is 30.7 Å². The van der Waals surface area contributed by atoms with Gasteiger partial charge in [0.2, 0.25) is 0 Å². The van der Waals surface area contributed by atoms with Gasteiger partial charge >= 0.3 is 0 Å². The second kappa shape index (κ2) is 14.8. The van der Waals surface area contributed by atoms with Gasteiger partial charge in [0.05, 0.1) is 29.5 Å². The fourth-order valence-electron chi connectivity index (χ4n) is 3.42. The fourth-order valence-corrected chi connectivity index (χ4v) is 5.69. The number of nitrogens with zero attached hydrogens (tertiary/aromatic N) is 4. The third-order valence-electron chi connectivity index (χ3n) is 7.96. The molecule has 0 bridgehead atoms.